The molecule has 27 heavy (non-hydrogen) atoms. The maximum absolute atomic E-state index is 12.1. The summed E-state index contributed by atoms with van der Waals surface area (Å²) in [5, 5.41) is 2.79. The smallest absolute Gasteiger partial charge is 0.338 e. The highest BCUT2D eigenvalue weighted by atomic mass is 79.9. The summed E-state index contributed by atoms with van der Waals surface area (Å²) in [6, 6.07) is 13.3. The first-order valence-electron chi connectivity index (χ1n) is 8.85. The number of unbranched alkanes of at least 4 members (excludes halogenated alkanes) is 2. The molecule has 0 saturated carbocycles. The van der Waals surface area contributed by atoms with E-state index in [2.05, 4.69) is 28.2 Å². The van der Waals surface area contributed by atoms with Gasteiger partial charge in [-0.3, -0.25) is 9.59 Å². The Morgan fingerprint density at radius 3 is 2.19 bits per heavy atom. The number of amides is 1. The molecule has 2 aromatic carbocycles. The molecule has 1 amide bonds. The van der Waals surface area contributed by atoms with Gasteiger partial charge in [0.05, 0.1) is 5.56 Å². The summed E-state index contributed by atoms with van der Waals surface area (Å²) in [7, 11) is 0. The Bertz CT molecular complexity index is 785. The molecule has 6 heteroatoms. The molecule has 0 aliphatic carbocycles. The molecular formula is C21H22BrNO4. The van der Waals surface area contributed by atoms with E-state index in [9.17, 15) is 14.4 Å². The number of ketones is 1. The van der Waals surface area contributed by atoms with E-state index < -0.39 is 5.97 Å². The number of ether oxygens (including phenoxy) is 1. The third-order valence-electron chi connectivity index (χ3n) is 3.91. The first-order chi connectivity index (χ1) is 13.0. The number of hydrogen-bond acceptors (Lipinski definition) is 4. The van der Waals surface area contributed by atoms with Crippen LogP contribution in [-0.2, 0) is 9.53 Å². The summed E-state index contributed by atoms with van der Waals surface area (Å²) in [5.74, 6) is -0.896. The van der Waals surface area contributed by atoms with Crippen molar-refractivity contribution in [1.82, 2.24) is 0 Å². The molecule has 0 aliphatic rings. The lowest BCUT2D eigenvalue weighted by atomic mass is 10.1. The Balaban J connectivity index is 1.83. The highest BCUT2D eigenvalue weighted by Crippen LogP contribution is 2.13. The summed E-state index contributed by atoms with van der Waals surface area (Å²) in [5.41, 5.74) is 1.42. The minimum Gasteiger partial charge on any atom is -0.454 e. The first kappa shape index (κ1) is 20.8. The van der Waals surface area contributed by atoms with Crippen LogP contribution in [0.2, 0.25) is 0 Å². The molecule has 0 atom stereocenters. The van der Waals surface area contributed by atoms with E-state index in [1.165, 1.54) is 0 Å². The summed E-state index contributed by atoms with van der Waals surface area (Å²) in [6.07, 6.45) is 3.43. The zero-order chi connectivity index (χ0) is 19.6. The number of carbonyl (C=O) groups is 3. The average Bonchev–Trinajstić information content (AvgIpc) is 2.67. The van der Waals surface area contributed by atoms with Crippen LogP contribution in [0.5, 0.6) is 0 Å². The van der Waals surface area contributed by atoms with Crippen LogP contribution in [0.1, 0.15) is 53.3 Å². The molecule has 0 bridgehead atoms. The van der Waals surface area contributed by atoms with Gasteiger partial charge in [-0.15, -0.1) is 0 Å². The Morgan fingerprint density at radius 1 is 0.926 bits per heavy atom. The quantitative estimate of drug-likeness (QED) is 0.344. The van der Waals surface area contributed by atoms with Gasteiger partial charge < -0.3 is 10.1 Å². The van der Waals surface area contributed by atoms with Gasteiger partial charge in [0.1, 0.15) is 0 Å². The minimum atomic E-state index is -0.582. The van der Waals surface area contributed by atoms with Crippen molar-refractivity contribution < 1.29 is 19.1 Å². The third-order valence-corrected chi connectivity index (χ3v) is 4.44. The lowest BCUT2D eigenvalue weighted by Gasteiger charge is -2.07. The Labute approximate surface area is 167 Å². The number of carbonyl (C=O) groups excluding carboxylic acids is 3. The van der Waals surface area contributed by atoms with Crippen molar-refractivity contribution in [2.75, 3.05) is 11.9 Å². The van der Waals surface area contributed by atoms with Crippen LogP contribution in [0.3, 0.4) is 0 Å². The highest BCUT2D eigenvalue weighted by Gasteiger charge is 2.12. The molecule has 142 valence electrons. The monoisotopic (exact) mass is 431 g/mol. The fourth-order valence-corrected chi connectivity index (χ4v) is 2.65. The topological polar surface area (TPSA) is 72.5 Å². The second kappa shape index (κ2) is 10.6. The van der Waals surface area contributed by atoms with Gasteiger partial charge >= 0.3 is 5.97 Å². The molecule has 2 aromatic rings. The van der Waals surface area contributed by atoms with Crippen LogP contribution in [0.4, 0.5) is 5.69 Å². The molecule has 1 N–H and O–H groups in total. The number of benzene rings is 2. The highest BCUT2D eigenvalue weighted by molar-refractivity contribution is 9.10. The van der Waals surface area contributed by atoms with Crippen LogP contribution < -0.4 is 5.32 Å². The molecule has 0 radical (unpaired) electrons. The maximum Gasteiger partial charge on any atom is 0.338 e. The first-order valence-corrected chi connectivity index (χ1v) is 9.64. The molecule has 0 aliphatic heterocycles. The van der Waals surface area contributed by atoms with Gasteiger partial charge in [-0.1, -0.05) is 47.8 Å². The lowest BCUT2D eigenvalue weighted by Crippen LogP contribution is -2.14. The third kappa shape index (κ3) is 6.98. The van der Waals surface area contributed by atoms with Gasteiger partial charge in [0, 0.05) is 22.1 Å². The van der Waals surface area contributed by atoms with E-state index in [0.29, 0.717) is 23.2 Å². The summed E-state index contributed by atoms with van der Waals surface area (Å²) in [6.45, 7) is 1.76. The predicted octanol–water partition coefficient (Wildman–Crippen LogP) is 5.01. The van der Waals surface area contributed by atoms with E-state index >= 15 is 0 Å². The number of Topliss-reactive ketones (excluding diaryl/α,β-unsaturated/α-hetero) is 1. The zero-order valence-corrected chi connectivity index (χ0v) is 16.8. The normalized spacial score (nSPS) is 10.3. The van der Waals surface area contributed by atoms with Crippen molar-refractivity contribution >= 4 is 39.3 Å². The van der Waals surface area contributed by atoms with Gasteiger partial charge in [0.25, 0.3) is 0 Å². The van der Waals surface area contributed by atoms with E-state index in [1.807, 2.05) is 0 Å². The molecule has 5 nitrogen and oxygen atoms in total. The molecule has 0 unspecified atom stereocenters. The standard InChI is InChI=1S/C21H22BrNO4/c1-2-3-4-5-20(25)23-18-12-8-16(9-13-18)21(26)27-14-19(24)15-6-10-17(22)11-7-15/h6-13H,2-5,14H2,1H3,(H,23,25). The van der Waals surface area contributed by atoms with Crippen LogP contribution in [0, 0.1) is 0 Å². The maximum atomic E-state index is 12.1. The number of halogens is 1. The van der Waals surface area contributed by atoms with Crippen molar-refractivity contribution in [3.8, 4) is 0 Å². The average molecular weight is 432 g/mol. The van der Waals surface area contributed by atoms with Crippen LogP contribution >= 0.6 is 15.9 Å². The van der Waals surface area contributed by atoms with Crippen LogP contribution in [0.25, 0.3) is 0 Å². The van der Waals surface area contributed by atoms with Gasteiger partial charge in [-0.25, -0.2) is 4.79 Å². The van der Waals surface area contributed by atoms with Gasteiger partial charge in [0.15, 0.2) is 12.4 Å². The minimum absolute atomic E-state index is 0.0427. The molecule has 0 saturated heterocycles. The van der Waals surface area contributed by atoms with Crippen molar-refractivity contribution in [1.29, 1.82) is 0 Å². The van der Waals surface area contributed by atoms with Crippen LogP contribution in [-0.4, -0.2) is 24.3 Å². The zero-order valence-electron chi connectivity index (χ0n) is 15.2. The number of hydrogen-bond donors (Lipinski definition) is 1. The van der Waals surface area contributed by atoms with Gasteiger partial charge in [-0.2, -0.15) is 0 Å². The van der Waals surface area contributed by atoms with Crippen molar-refractivity contribution in [3.63, 3.8) is 0 Å². The second-order valence-corrected chi connectivity index (χ2v) is 7.00. The molecule has 0 heterocycles. The van der Waals surface area contributed by atoms with Crippen molar-refractivity contribution in [2.24, 2.45) is 0 Å². The number of esters is 1. The van der Waals surface area contributed by atoms with E-state index in [4.69, 9.17) is 4.74 Å². The Kier molecular flexibility index (Phi) is 8.20. The molecule has 0 spiro atoms. The van der Waals surface area contributed by atoms with Crippen molar-refractivity contribution in [3.05, 3.63) is 64.1 Å². The summed E-state index contributed by atoms with van der Waals surface area (Å²) in [4.78, 5) is 35.9. The number of anilines is 1. The van der Waals surface area contributed by atoms with E-state index in [1.54, 1.807) is 48.5 Å². The van der Waals surface area contributed by atoms with Gasteiger partial charge in [-0.05, 0) is 42.8 Å². The van der Waals surface area contributed by atoms with Crippen molar-refractivity contribution in [2.45, 2.75) is 32.6 Å². The lowest BCUT2D eigenvalue weighted by molar-refractivity contribution is -0.116. The Morgan fingerprint density at radius 2 is 1.56 bits per heavy atom. The van der Waals surface area contributed by atoms with Crippen LogP contribution in [0.15, 0.2) is 53.0 Å². The molecule has 0 fully saturated rings. The van der Waals surface area contributed by atoms with Gasteiger partial charge in [0.2, 0.25) is 5.91 Å². The molecule has 2 rings (SSSR count). The fourth-order valence-electron chi connectivity index (χ4n) is 2.38. The van der Waals surface area contributed by atoms with E-state index in [0.717, 1.165) is 23.7 Å². The number of rotatable bonds is 9. The fraction of sp³-hybridized carbons (Fsp3) is 0.286. The second-order valence-electron chi connectivity index (χ2n) is 6.09. The van der Waals surface area contributed by atoms with E-state index in [-0.39, 0.29) is 18.3 Å². The summed E-state index contributed by atoms with van der Waals surface area (Å²) < 4.78 is 5.94. The predicted molar refractivity (Wildman–Crippen MR) is 108 cm³/mol. The Hall–Kier alpha value is -2.47. The summed E-state index contributed by atoms with van der Waals surface area (Å²) >= 11 is 3.30. The molecule has 0 aromatic heterocycles. The SMILES string of the molecule is CCCCCC(=O)Nc1ccc(C(=O)OCC(=O)c2ccc(Br)cc2)cc1. The molecular weight excluding hydrogens is 410 g/mol. The number of nitrogens with one attached hydrogen (secondary N) is 1. The largest absolute Gasteiger partial charge is 0.454 e.